The van der Waals surface area contributed by atoms with Crippen molar-refractivity contribution in [2.45, 2.75) is 27.2 Å². The summed E-state index contributed by atoms with van der Waals surface area (Å²) >= 11 is 0. The molecule has 1 aromatic carbocycles. The lowest BCUT2D eigenvalue weighted by molar-refractivity contribution is 0.657. The molecular weight excluding hydrogens is 244 g/mol. The summed E-state index contributed by atoms with van der Waals surface area (Å²) < 4.78 is 0. The van der Waals surface area contributed by atoms with Crippen molar-refractivity contribution in [2.75, 3.05) is 13.1 Å². The molecule has 0 amide bonds. The molecule has 0 bridgehead atoms. The van der Waals surface area contributed by atoms with Crippen LogP contribution in [0.15, 0.2) is 42.2 Å². The van der Waals surface area contributed by atoms with Gasteiger partial charge in [0.25, 0.3) is 0 Å². The SMILES string of the molecule is CCCNC/C(=C/c1cncc2ccccc12)C(C)C. The zero-order chi connectivity index (χ0) is 14.4. The van der Waals surface area contributed by atoms with E-state index in [0.717, 1.165) is 13.1 Å². The van der Waals surface area contributed by atoms with Gasteiger partial charge in [0, 0.05) is 29.9 Å². The van der Waals surface area contributed by atoms with E-state index in [1.165, 1.54) is 28.3 Å². The Morgan fingerprint density at radius 2 is 2.05 bits per heavy atom. The minimum Gasteiger partial charge on any atom is -0.313 e. The van der Waals surface area contributed by atoms with E-state index in [0.29, 0.717) is 5.92 Å². The van der Waals surface area contributed by atoms with Gasteiger partial charge in [0.05, 0.1) is 0 Å². The first-order valence-electron chi connectivity index (χ1n) is 7.46. The molecule has 0 aliphatic rings. The summed E-state index contributed by atoms with van der Waals surface area (Å²) in [6.45, 7) is 8.71. The normalized spacial score (nSPS) is 12.3. The number of aromatic nitrogens is 1. The number of pyridine rings is 1. The highest BCUT2D eigenvalue weighted by atomic mass is 14.8. The molecular formula is C18H24N2. The van der Waals surface area contributed by atoms with E-state index in [1.54, 1.807) is 0 Å². The first-order valence-corrected chi connectivity index (χ1v) is 7.46. The van der Waals surface area contributed by atoms with Gasteiger partial charge in [-0.3, -0.25) is 4.98 Å². The van der Waals surface area contributed by atoms with Gasteiger partial charge in [0.15, 0.2) is 0 Å². The van der Waals surface area contributed by atoms with Gasteiger partial charge in [-0.2, -0.15) is 0 Å². The molecule has 0 saturated carbocycles. The summed E-state index contributed by atoms with van der Waals surface area (Å²) in [6, 6.07) is 8.43. The number of hydrogen-bond acceptors (Lipinski definition) is 2. The minimum absolute atomic E-state index is 0.540. The van der Waals surface area contributed by atoms with Gasteiger partial charge in [-0.1, -0.05) is 56.7 Å². The maximum absolute atomic E-state index is 4.36. The van der Waals surface area contributed by atoms with E-state index in [9.17, 15) is 0 Å². The fourth-order valence-electron chi connectivity index (χ4n) is 2.29. The second-order valence-corrected chi connectivity index (χ2v) is 5.50. The molecule has 0 spiro atoms. The van der Waals surface area contributed by atoms with E-state index in [1.807, 2.05) is 12.4 Å². The van der Waals surface area contributed by atoms with Crippen molar-refractivity contribution in [3.8, 4) is 0 Å². The van der Waals surface area contributed by atoms with E-state index in [2.05, 4.69) is 61.4 Å². The fraction of sp³-hybridized carbons (Fsp3) is 0.389. The largest absolute Gasteiger partial charge is 0.313 e. The quantitative estimate of drug-likeness (QED) is 0.791. The van der Waals surface area contributed by atoms with Gasteiger partial charge in [-0.15, -0.1) is 0 Å². The molecule has 0 fully saturated rings. The predicted molar refractivity (Wildman–Crippen MR) is 87.7 cm³/mol. The number of fused-ring (bicyclic) bond motifs is 1. The smallest absolute Gasteiger partial charge is 0.0346 e. The van der Waals surface area contributed by atoms with Crippen molar-refractivity contribution in [2.24, 2.45) is 5.92 Å². The van der Waals surface area contributed by atoms with Gasteiger partial charge in [0.1, 0.15) is 0 Å². The Balaban J connectivity index is 2.33. The van der Waals surface area contributed by atoms with Gasteiger partial charge in [0.2, 0.25) is 0 Å². The van der Waals surface area contributed by atoms with Gasteiger partial charge in [-0.25, -0.2) is 0 Å². The average molecular weight is 268 g/mol. The summed E-state index contributed by atoms with van der Waals surface area (Å²) in [5.74, 6) is 0.540. The van der Waals surface area contributed by atoms with Crippen LogP contribution in [0.5, 0.6) is 0 Å². The van der Waals surface area contributed by atoms with Crippen LogP contribution in [0.3, 0.4) is 0 Å². The molecule has 2 rings (SSSR count). The molecule has 106 valence electrons. The average Bonchev–Trinajstić information content (AvgIpc) is 2.46. The van der Waals surface area contributed by atoms with Crippen molar-refractivity contribution in [1.82, 2.24) is 10.3 Å². The minimum atomic E-state index is 0.540. The Kier molecular flexibility index (Phi) is 5.31. The first kappa shape index (κ1) is 14.7. The molecule has 0 aliphatic heterocycles. The third kappa shape index (κ3) is 3.67. The lowest BCUT2D eigenvalue weighted by Crippen LogP contribution is -2.19. The van der Waals surface area contributed by atoms with Crippen molar-refractivity contribution in [1.29, 1.82) is 0 Å². The fourth-order valence-corrected chi connectivity index (χ4v) is 2.29. The molecule has 0 aliphatic carbocycles. The summed E-state index contributed by atoms with van der Waals surface area (Å²) in [5.41, 5.74) is 2.64. The zero-order valence-electron chi connectivity index (χ0n) is 12.7. The Bertz CT molecular complexity index is 579. The second kappa shape index (κ2) is 7.20. The molecule has 1 N–H and O–H groups in total. The lowest BCUT2D eigenvalue weighted by Gasteiger charge is -2.13. The first-order chi connectivity index (χ1) is 9.72. The molecule has 1 aromatic heterocycles. The van der Waals surface area contributed by atoms with Crippen LogP contribution in [-0.2, 0) is 0 Å². The van der Waals surface area contributed by atoms with Crippen LogP contribution in [0.4, 0.5) is 0 Å². The predicted octanol–water partition coefficient (Wildman–Crippen LogP) is 4.27. The van der Waals surface area contributed by atoms with E-state index >= 15 is 0 Å². The van der Waals surface area contributed by atoms with E-state index in [4.69, 9.17) is 0 Å². The molecule has 20 heavy (non-hydrogen) atoms. The van der Waals surface area contributed by atoms with E-state index < -0.39 is 0 Å². The van der Waals surface area contributed by atoms with Crippen LogP contribution in [0.2, 0.25) is 0 Å². The maximum atomic E-state index is 4.36. The van der Waals surface area contributed by atoms with Crippen LogP contribution in [0.1, 0.15) is 32.8 Å². The van der Waals surface area contributed by atoms with Gasteiger partial charge < -0.3 is 5.32 Å². The maximum Gasteiger partial charge on any atom is 0.0346 e. The monoisotopic (exact) mass is 268 g/mol. The number of hydrogen-bond donors (Lipinski definition) is 1. The van der Waals surface area contributed by atoms with Gasteiger partial charge in [-0.05, 0) is 24.3 Å². The summed E-state index contributed by atoms with van der Waals surface area (Å²) in [5, 5.41) is 5.97. The molecule has 1 heterocycles. The highest BCUT2D eigenvalue weighted by molar-refractivity contribution is 5.89. The topological polar surface area (TPSA) is 24.9 Å². The van der Waals surface area contributed by atoms with Crippen LogP contribution in [0, 0.1) is 5.92 Å². The standard InChI is InChI=1S/C18H24N2/c1-4-9-19-12-16(14(2)3)10-17-13-20-11-15-7-5-6-8-18(15)17/h5-8,10-11,13-14,19H,4,9,12H2,1-3H3/b16-10-. The summed E-state index contributed by atoms with van der Waals surface area (Å²) in [6.07, 6.45) is 7.35. The zero-order valence-corrected chi connectivity index (χ0v) is 12.7. The molecule has 0 atom stereocenters. The molecule has 2 aromatic rings. The van der Waals surface area contributed by atoms with Crippen LogP contribution in [-0.4, -0.2) is 18.1 Å². The van der Waals surface area contributed by atoms with Crippen LogP contribution in [0.25, 0.3) is 16.8 Å². The molecule has 0 unspecified atom stereocenters. The Hall–Kier alpha value is -1.67. The second-order valence-electron chi connectivity index (χ2n) is 5.50. The third-order valence-corrected chi connectivity index (χ3v) is 3.54. The number of nitrogens with zero attached hydrogens (tertiary/aromatic N) is 1. The van der Waals surface area contributed by atoms with Gasteiger partial charge >= 0.3 is 0 Å². The van der Waals surface area contributed by atoms with Crippen molar-refractivity contribution in [3.63, 3.8) is 0 Å². The Morgan fingerprint density at radius 1 is 1.25 bits per heavy atom. The molecule has 2 nitrogen and oxygen atoms in total. The van der Waals surface area contributed by atoms with Crippen molar-refractivity contribution >= 4 is 16.8 Å². The van der Waals surface area contributed by atoms with Crippen LogP contribution < -0.4 is 5.32 Å². The van der Waals surface area contributed by atoms with Crippen molar-refractivity contribution < 1.29 is 0 Å². The number of nitrogens with one attached hydrogen (secondary N) is 1. The number of rotatable bonds is 6. The molecule has 0 saturated heterocycles. The van der Waals surface area contributed by atoms with Crippen LogP contribution >= 0.6 is 0 Å². The highest BCUT2D eigenvalue weighted by Crippen LogP contribution is 2.21. The summed E-state index contributed by atoms with van der Waals surface area (Å²) in [4.78, 5) is 4.36. The number of benzene rings is 1. The lowest BCUT2D eigenvalue weighted by atomic mass is 9.98. The third-order valence-electron chi connectivity index (χ3n) is 3.54. The Morgan fingerprint density at radius 3 is 2.80 bits per heavy atom. The molecule has 2 heteroatoms. The highest BCUT2D eigenvalue weighted by Gasteiger charge is 2.05. The molecule has 0 radical (unpaired) electrons. The summed E-state index contributed by atoms with van der Waals surface area (Å²) in [7, 11) is 0. The van der Waals surface area contributed by atoms with Crippen molar-refractivity contribution in [3.05, 3.63) is 47.8 Å². The Labute approximate surface area is 121 Å². The van der Waals surface area contributed by atoms with E-state index in [-0.39, 0.29) is 0 Å².